The van der Waals surface area contributed by atoms with Crippen LogP contribution in [0.25, 0.3) is 0 Å². The van der Waals surface area contributed by atoms with Crippen molar-refractivity contribution in [2.45, 2.75) is 19.9 Å². The number of ether oxygens (including phenoxy) is 2. The molecule has 0 aliphatic carbocycles. The van der Waals surface area contributed by atoms with E-state index in [-0.39, 0.29) is 11.6 Å². The molecule has 0 spiro atoms. The number of aryl methyl sites for hydroxylation is 1. The third-order valence-corrected chi connectivity index (χ3v) is 6.71. The Morgan fingerprint density at radius 3 is 2.31 bits per heavy atom. The number of rotatable bonds is 6. The van der Waals surface area contributed by atoms with Gasteiger partial charge in [-0.25, -0.2) is 8.51 Å². The van der Waals surface area contributed by atoms with Crippen LogP contribution in [0.5, 0.6) is 17.2 Å². The first kappa shape index (κ1) is 21.7. The summed E-state index contributed by atoms with van der Waals surface area (Å²) in [5, 5.41) is 19.0. The summed E-state index contributed by atoms with van der Waals surface area (Å²) < 4.78 is 27.7. The lowest BCUT2D eigenvalue weighted by Crippen LogP contribution is -2.27. The monoisotopic (exact) mass is 451 g/mol. The molecule has 3 aromatic rings. The SMILES string of the molecule is CCOc1ccc(N2C(c3ccc(O)c(OC)c3)C(=N)N(c3ccc(C)cc3)S2=O)cc1. The molecule has 32 heavy (non-hydrogen) atoms. The first-order valence-electron chi connectivity index (χ1n) is 10.2. The van der Waals surface area contributed by atoms with E-state index >= 15 is 0 Å². The number of hydrogen-bond acceptors (Lipinski definition) is 5. The van der Waals surface area contributed by atoms with Crippen LogP contribution >= 0.6 is 0 Å². The maximum atomic E-state index is 13.7. The molecule has 0 bridgehead atoms. The Bertz CT molecular complexity index is 1150. The molecule has 0 amide bonds. The molecule has 1 saturated heterocycles. The topological polar surface area (TPSA) is 86.1 Å². The fraction of sp³-hybridized carbons (Fsp3) is 0.208. The highest BCUT2D eigenvalue weighted by Crippen LogP contribution is 2.42. The van der Waals surface area contributed by atoms with Gasteiger partial charge in [-0.05, 0) is 67.9 Å². The van der Waals surface area contributed by atoms with Gasteiger partial charge in [0.1, 0.15) is 17.6 Å². The maximum Gasteiger partial charge on any atom is 0.232 e. The van der Waals surface area contributed by atoms with Crippen molar-refractivity contribution in [3.63, 3.8) is 0 Å². The molecule has 4 rings (SSSR count). The number of aromatic hydroxyl groups is 1. The fourth-order valence-corrected chi connectivity index (χ4v) is 5.10. The smallest absolute Gasteiger partial charge is 0.232 e. The molecule has 0 aromatic heterocycles. The molecule has 0 saturated carbocycles. The second-order valence-corrected chi connectivity index (χ2v) is 8.55. The summed E-state index contributed by atoms with van der Waals surface area (Å²) in [4.78, 5) is 0. The Morgan fingerprint density at radius 1 is 1.03 bits per heavy atom. The van der Waals surface area contributed by atoms with Crippen LogP contribution in [0.4, 0.5) is 11.4 Å². The van der Waals surface area contributed by atoms with Gasteiger partial charge in [0, 0.05) is 0 Å². The van der Waals surface area contributed by atoms with E-state index < -0.39 is 17.2 Å². The number of phenolic OH excluding ortho intramolecular Hbond substituents is 1. The zero-order valence-corrected chi connectivity index (χ0v) is 18.9. The Morgan fingerprint density at radius 2 is 1.69 bits per heavy atom. The molecule has 8 heteroatoms. The fourth-order valence-electron chi connectivity index (χ4n) is 3.65. The van der Waals surface area contributed by atoms with Gasteiger partial charge in [0.05, 0.1) is 25.1 Å². The predicted molar refractivity (Wildman–Crippen MR) is 127 cm³/mol. The summed E-state index contributed by atoms with van der Waals surface area (Å²) in [5.41, 5.74) is 3.11. The van der Waals surface area contributed by atoms with Crippen LogP contribution in [0.15, 0.2) is 66.7 Å². The van der Waals surface area contributed by atoms with Crippen molar-refractivity contribution >= 4 is 28.4 Å². The average Bonchev–Trinajstić information content (AvgIpc) is 3.06. The second kappa shape index (κ2) is 8.92. The standard InChI is InChI=1S/C24H25N3O4S/c1-4-31-20-12-10-18(11-13-20)26-23(17-7-14-21(28)22(15-17)30-3)24(25)27(32(26)29)19-8-5-16(2)6-9-19/h5-15,23,25,28H,4H2,1-3H3. The van der Waals surface area contributed by atoms with Gasteiger partial charge in [-0.1, -0.05) is 23.8 Å². The van der Waals surface area contributed by atoms with Gasteiger partial charge in [0.15, 0.2) is 11.5 Å². The number of methoxy groups -OCH3 is 1. The lowest BCUT2D eigenvalue weighted by molar-refractivity contribution is 0.340. The maximum absolute atomic E-state index is 13.7. The van der Waals surface area contributed by atoms with Crippen LogP contribution in [0, 0.1) is 12.3 Å². The van der Waals surface area contributed by atoms with Crippen LogP contribution in [-0.4, -0.2) is 28.9 Å². The highest BCUT2D eigenvalue weighted by Gasteiger charge is 2.44. The van der Waals surface area contributed by atoms with E-state index in [0.717, 1.165) is 11.3 Å². The summed E-state index contributed by atoms with van der Waals surface area (Å²) in [5.74, 6) is 1.18. The Balaban J connectivity index is 1.82. The molecule has 1 heterocycles. The van der Waals surface area contributed by atoms with Gasteiger partial charge in [-0.2, -0.15) is 0 Å². The van der Waals surface area contributed by atoms with Crippen LogP contribution < -0.4 is 18.1 Å². The zero-order chi connectivity index (χ0) is 22.8. The molecule has 2 unspecified atom stereocenters. The largest absolute Gasteiger partial charge is 0.504 e. The number of nitrogens with one attached hydrogen (secondary N) is 1. The molecule has 3 aromatic carbocycles. The van der Waals surface area contributed by atoms with Gasteiger partial charge in [-0.3, -0.25) is 9.71 Å². The number of anilines is 2. The van der Waals surface area contributed by atoms with Gasteiger partial charge in [0.2, 0.25) is 11.2 Å². The lowest BCUT2D eigenvalue weighted by Gasteiger charge is -2.23. The van der Waals surface area contributed by atoms with Crippen LogP contribution in [0.3, 0.4) is 0 Å². The Labute approximate surface area is 190 Å². The first-order chi connectivity index (χ1) is 15.4. The van der Waals surface area contributed by atoms with Crippen molar-refractivity contribution in [1.29, 1.82) is 5.41 Å². The normalized spacial score (nSPS) is 18.2. The number of phenols is 1. The molecular formula is C24H25N3O4S. The molecule has 2 atom stereocenters. The third-order valence-electron chi connectivity index (χ3n) is 5.23. The molecular weight excluding hydrogens is 426 g/mol. The zero-order valence-electron chi connectivity index (χ0n) is 18.1. The molecule has 166 valence electrons. The summed E-state index contributed by atoms with van der Waals surface area (Å²) in [6.07, 6.45) is 0. The number of nitrogens with zero attached hydrogens (tertiary/aromatic N) is 2. The first-order valence-corrected chi connectivity index (χ1v) is 11.3. The van der Waals surface area contributed by atoms with E-state index in [2.05, 4.69) is 0 Å². The molecule has 2 N–H and O–H groups in total. The van der Waals surface area contributed by atoms with E-state index in [1.807, 2.05) is 62.4 Å². The van der Waals surface area contributed by atoms with Crippen molar-refractivity contribution in [3.8, 4) is 17.2 Å². The van der Waals surface area contributed by atoms with Gasteiger partial charge in [-0.15, -0.1) is 0 Å². The van der Waals surface area contributed by atoms with Crippen molar-refractivity contribution in [3.05, 3.63) is 77.9 Å². The van der Waals surface area contributed by atoms with E-state index in [0.29, 0.717) is 29.3 Å². The lowest BCUT2D eigenvalue weighted by atomic mass is 10.0. The van der Waals surface area contributed by atoms with E-state index in [9.17, 15) is 9.32 Å². The van der Waals surface area contributed by atoms with E-state index in [1.165, 1.54) is 17.5 Å². The van der Waals surface area contributed by atoms with Gasteiger partial charge in [0.25, 0.3) is 0 Å². The van der Waals surface area contributed by atoms with Crippen molar-refractivity contribution in [2.24, 2.45) is 0 Å². The summed E-state index contributed by atoms with van der Waals surface area (Å²) in [7, 11) is 1.47. The van der Waals surface area contributed by atoms with Gasteiger partial charge >= 0.3 is 0 Å². The summed E-state index contributed by atoms with van der Waals surface area (Å²) >= 11 is -1.69. The van der Waals surface area contributed by atoms with Gasteiger partial charge < -0.3 is 14.6 Å². The van der Waals surface area contributed by atoms with Crippen LogP contribution in [0.2, 0.25) is 0 Å². The minimum Gasteiger partial charge on any atom is -0.504 e. The minimum absolute atomic E-state index is 0.00454. The van der Waals surface area contributed by atoms with E-state index in [1.54, 1.807) is 16.4 Å². The Kier molecular flexibility index (Phi) is 6.05. The van der Waals surface area contributed by atoms with E-state index in [4.69, 9.17) is 14.9 Å². The highest BCUT2D eigenvalue weighted by atomic mass is 32.2. The predicted octanol–water partition coefficient (Wildman–Crippen LogP) is 4.73. The molecule has 7 nitrogen and oxygen atoms in total. The minimum atomic E-state index is -1.69. The summed E-state index contributed by atoms with van der Waals surface area (Å²) in [6, 6.07) is 19.1. The van der Waals surface area contributed by atoms with Crippen LogP contribution in [0.1, 0.15) is 24.1 Å². The average molecular weight is 452 g/mol. The highest BCUT2D eigenvalue weighted by molar-refractivity contribution is 7.89. The van der Waals surface area contributed by atoms with Crippen molar-refractivity contribution in [2.75, 3.05) is 22.3 Å². The van der Waals surface area contributed by atoms with Crippen molar-refractivity contribution in [1.82, 2.24) is 0 Å². The third kappa shape index (κ3) is 3.89. The molecule has 1 fully saturated rings. The summed E-state index contributed by atoms with van der Waals surface area (Å²) in [6.45, 7) is 4.45. The number of hydrogen-bond donors (Lipinski definition) is 2. The Hall–Kier alpha value is -3.52. The van der Waals surface area contributed by atoms with Crippen LogP contribution in [-0.2, 0) is 11.2 Å². The quantitative estimate of drug-likeness (QED) is 0.567. The molecule has 1 aliphatic heterocycles. The second-order valence-electron chi connectivity index (χ2n) is 7.33. The molecule has 0 radical (unpaired) electrons. The number of amidine groups is 1. The van der Waals surface area contributed by atoms with Crippen molar-refractivity contribution < 1.29 is 18.8 Å². The number of benzene rings is 3. The molecule has 1 aliphatic rings.